The van der Waals surface area contributed by atoms with Crippen molar-refractivity contribution in [3.8, 4) is 0 Å². The number of rotatable bonds is 4. The summed E-state index contributed by atoms with van der Waals surface area (Å²) in [6.07, 6.45) is 0. The number of thioether (sulfide) groups is 1. The number of carboxylic acids is 1. The molecule has 154 valence electrons. The van der Waals surface area contributed by atoms with Crippen LogP contribution in [0.25, 0.3) is 0 Å². The maximum atomic E-state index is 12.3. The molecular formula is C16H26N3NaO7S. The summed E-state index contributed by atoms with van der Waals surface area (Å²) in [4.78, 5) is 37.5. The van der Waals surface area contributed by atoms with Gasteiger partial charge in [0, 0.05) is 4.75 Å². The van der Waals surface area contributed by atoms with Crippen LogP contribution in [0.1, 0.15) is 25.5 Å². The molecule has 2 heterocycles. The molecule has 0 bridgehead atoms. The van der Waals surface area contributed by atoms with E-state index in [9.17, 15) is 19.5 Å². The quantitative estimate of drug-likeness (QED) is 0.341. The number of hydrogen-bond donors (Lipinski definition) is 3. The van der Waals surface area contributed by atoms with Crippen molar-refractivity contribution in [3.63, 3.8) is 0 Å². The second kappa shape index (κ2) is 10.6. The molecule has 12 heteroatoms. The number of benzene rings is 1. The summed E-state index contributed by atoms with van der Waals surface area (Å²) < 4.78 is -0.618. The van der Waals surface area contributed by atoms with Crippen LogP contribution in [0.4, 0.5) is 0 Å². The van der Waals surface area contributed by atoms with Gasteiger partial charge in [0.05, 0.1) is 0 Å². The predicted octanol–water partition coefficient (Wildman–Crippen LogP) is -2.80. The summed E-state index contributed by atoms with van der Waals surface area (Å²) in [6, 6.07) is 6.38. The van der Waals surface area contributed by atoms with Gasteiger partial charge in [-0.1, -0.05) is 30.3 Å². The Bertz CT molecular complexity index is 707. The number of fused-ring (bicyclic) bond motifs is 1. The van der Waals surface area contributed by atoms with E-state index >= 15 is 0 Å². The van der Waals surface area contributed by atoms with E-state index < -0.39 is 34.7 Å². The Morgan fingerprint density at radius 3 is 2.25 bits per heavy atom. The molecule has 2 amide bonds. The summed E-state index contributed by atoms with van der Waals surface area (Å²) in [6.45, 7) is 3.58. The van der Waals surface area contributed by atoms with Gasteiger partial charge in [0.25, 0.3) is 0 Å². The number of aliphatic carboxylic acids is 1. The third-order valence-electron chi connectivity index (χ3n) is 4.41. The molecule has 0 unspecified atom stereocenters. The first-order chi connectivity index (χ1) is 11.2. The molecule has 10 N–H and O–H groups in total. The molecule has 2 saturated heterocycles. The zero-order valence-corrected chi connectivity index (χ0v) is 15.6. The van der Waals surface area contributed by atoms with Gasteiger partial charge in [-0.05, 0) is 19.4 Å². The molecule has 0 spiro atoms. The predicted molar refractivity (Wildman–Crippen MR) is 107 cm³/mol. The van der Waals surface area contributed by atoms with Crippen molar-refractivity contribution < 1.29 is 35.9 Å². The van der Waals surface area contributed by atoms with Gasteiger partial charge >= 0.3 is 35.5 Å². The Kier molecular flexibility index (Phi) is 10.9. The summed E-state index contributed by atoms with van der Waals surface area (Å²) in [5, 5.41) is 11.7. The van der Waals surface area contributed by atoms with Gasteiger partial charge in [-0.3, -0.25) is 9.59 Å². The molecular weight excluding hydrogens is 401 g/mol. The first-order valence-corrected chi connectivity index (χ1v) is 8.45. The van der Waals surface area contributed by atoms with Gasteiger partial charge in [0.2, 0.25) is 11.8 Å². The first-order valence-electron chi connectivity index (χ1n) is 7.58. The van der Waals surface area contributed by atoms with E-state index in [0.29, 0.717) is 5.56 Å². The van der Waals surface area contributed by atoms with Crippen molar-refractivity contribution in [1.82, 2.24) is 10.2 Å². The van der Waals surface area contributed by atoms with Gasteiger partial charge in [0.1, 0.15) is 23.5 Å². The molecule has 0 radical (unpaired) electrons. The van der Waals surface area contributed by atoms with Crippen molar-refractivity contribution >= 4 is 59.1 Å². The van der Waals surface area contributed by atoms with Crippen LogP contribution in [0.2, 0.25) is 0 Å². The van der Waals surface area contributed by atoms with Gasteiger partial charge < -0.3 is 37.5 Å². The van der Waals surface area contributed by atoms with E-state index in [1.54, 1.807) is 38.1 Å². The van der Waals surface area contributed by atoms with Crippen LogP contribution in [-0.4, -0.2) is 96.0 Å². The third kappa shape index (κ3) is 4.86. The standard InChI is InChI=1S/C16H19N3O4S.Na.3H2O.H/c1-16(2)11(15(22)23)19-13(21)10(14(19)24-16)18-12(20)9(17)8-6-4-3-5-7-8;;;;;/h3-7,9-11,14H,17H2,1-2H3,(H,18,20)(H,22,23);;3*1H2;/t9-,10-,11+,14-;;;;;/m1...../s1. The SMILES string of the molecule is CC1(C)S[C@@H]2[C@H](NC(=O)[C@H](N)c3ccccc3)C(=O)N2[C@H]1C(=O)O.O.O.O.[NaH]. The Balaban J connectivity index is 0. The molecule has 28 heavy (non-hydrogen) atoms. The number of nitrogens with two attached hydrogens (primary N) is 1. The fourth-order valence-corrected chi connectivity index (χ4v) is 4.83. The molecule has 2 aliphatic heterocycles. The molecule has 1 aromatic carbocycles. The molecule has 2 aliphatic rings. The van der Waals surface area contributed by atoms with Crippen LogP contribution < -0.4 is 11.1 Å². The summed E-state index contributed by atoms with van der Waals surface area (Å²) in [5.41, 5.74) is 6.59. The summed E-state index contributed by atoms with van der Waals surface area (Å²) in [5.74, 6) is -1.86. The van der Waals surface area contributed by atoms with Crippen LogP contribution in [0.15, 0.2) is 30.3 Å². The average Bonchev–Trinajstić information content (AvgIpc) is 2.80. The van der Waals surface area contributed by atoms with Crippen LogP contribution in [0.5, 0.6) is 0 Å². The maximum absolute atomic E-state index is 12.3. The van der Waals surface area contributed by atoms with Gasteiger partial charge in [-0.15, -0.1) is 11.8 Å². The van der Waals surface area contributed by atoms with Crippen molar-refractivity contribution in [2.24, 2.45) is 5.73 Å². The van der Waals surface area contributed by atoms with Crippen molar-refractivity contribution in [1.29, 1.82) is 0 Å². The van der Waals surface area contributed by atoms with Crippen LogP contribution >= 0.6 is 11.8 Å². The van der Waals surface area contributed by atoms with E-state index in [0.717, 1.165) is 0 Å². The monoisotopic (exact) mass is 427 g/mol. The number of hydrogen-bond acceptors (Lipinski definition) is 5. The summed E-state index contributed by atoms with van der Waals surface area (Å²) in [7, 11) is 0. The number of carbonyl (C=O) groups excluding carboxylic acids is 2. The van der Waals surface area contributed by atoms with Gasteiger partial charge in [0.15, 0.2) is 0 Å². The Labute approximate surface area is 188 Å². The minimum absolute atomic E-state index is 0. The number of carboxylic acid groups (broad SMARTS) is 1. The zero-order valence-electron chi connectivity index (χ0n) is 14.8. The van der Waals surface area contributed by atoms with Crippen molar-refractivity contribution in [3.05, 3.63) is 35.9 Å². The zero-order chi connectivity index (χ0) is 17.6. The molecule has 2 fully saturated rings. The van der Waals surface area contributed by atoms with E-state index in [1.165, 1.54) is 16.7 Å². The third-order valence-corrected chi connectivity index (χ3v) is 5.99. The van der Waals surface area contributed by atoms with Gasteiger partial charge in [-0.25, -0.2) is 4.79 Å². The van der Waals surface area contributed by atoms with E-state index in [-0.39, 0.29) is 57.3 Å². The second-order valence-electron chi connectivity index (χ2n) is 6.47. The fourth-order valence-electron chi connectivity index (χ4n) is 3.20. The molecule has 10 nitrogen and oxygen atoms in total. The summed E-state index contributed by atoms with van der Waals surface area (Å²) >= 11 is 1.38. The van der Waals surface area contributed by atoms with E-state index in [1.807, 2.05) is 6.07 Å². The topological polar surface area (TPSA) is 207 Å². The Morgan fingerprint density at radius 1 is 1.21 bits per heavy atom. The number of nitrogens with one attached hydrogen (secondary N) is 1. The Morgan fingerprint density at radius 2 is 1.75 bits per heavy atom. The van der Waals surface area contributed by atoms with Crippen molar-refractivity contribution in [2.45, 2.75) is 42.1 Å². The van der Waals surface area contributed by atoms with E-state index in [2.05, 4.69) is 5.32 Å². The molecule has 1 aromatic rings. The van der Waals surface area contributed by atoms with Crippen LogP contribution in [0, 0.1) is 0 Å². The minimum atomic E-state index is -1.03. The Hall–Kier alpha value is -1.18. The molecule has 0 aromatic heterocycles. The number of β-lactam (4-membered cyclic amide) rings is 1. The average molecular weight is 427 g/mol. The molecule has 0 aliphatic carbocycles. The van der Waals surface area contributed by atoms with Crippen LogP contribution in [0.3, 0.4) is 0 Å². The number of nitrogens with zero attached hydrogens (tertiary/aromatic N) is 1. The molecule has 3 rings (SSSR count). The molecule has 4 atom stereocenters. The second-order valence-corrected chi connectivity index (χ2v) is 8.24. The molecule has 0 saturated carbocycles. The first kappa shape index (κ1) is 29.0. The van der Waals surface area contributed by atoms with Crippen molar-refractivity contribution in [2.75, 3.05) is 0 Å². The fraction of sp³-hybridized carbons (Fsp3) is 0.438. The number of amides is 2. The normalized spacial score (nSPS) is 24.6. The van der Waals surface area contributed by atoms with Crippen LogP contribution in [-0.2, 0) is 14.4 Å². The van der Waals surface area contributed by atoms with Gasteiger partial charge in [-0.2, -0.15) is 0 Å². The van der Waals surface area contributed by atoms with E-state index in [4.69, 9.17) is 5.73 Å². The number of carbonyl (C=O) groups is 3.